The first-order chi connectivity index (χ1) is 6.36. The van der Waals surface area contributed by atoms with Crippen LogP contribution in [0.2, 0.25) is 0 Å². The number of thioether (sulfide) groups is 1. The molecule has 0 aliphatic heterocycles. The third-order valence-electron chi connectivity index (χ3n) is 2.63. The number of nitriles is 1. The molecule has 0 heterocycles. The largest absolute Gasteiger partial charge is 0.313 e. The van der Waals surface area contributed by atoms with Crippen LogP contribution in [-0.4, -0.2) is 24.1 Å². The first-order valence-corrected chi connectivity index (χ1v) is 6.28. The smallest absolute Gasteiger partial charge is 0.0635 e. The van der Waals surface area contributed by atoms with Crippen LogP contribution in [0.25, 0.3) is 0 Å². The molecule has 2 unspecified atom stereocenters. The summed E-state index contributed by atoms with van der Waals surface area (Å²) >= 11 is 1.98. The maximum Gasteiger partial charge on any atom is 0.0635 e. The van der Waals surface area contributed by atoms with Crippen molar-refractivity contribution in [1.29, 1.82) is 5.26 Å². The zero-order valence-corrected chi connectivity index (χ0v) is 9.07. The lowest BCUT2D eigenvalue weighted by Crippen LogP contribution is -2.35. The van der Waals surface area contributed by atoms with Gasteiger partial charge >= 0.3 is 0 Å². The van der Waals surface area contributed by atoms with Crippen molar-refractivity contribution in [2.45, 2.75) is 43.4 Å². The molecule has 0 aromatic rings. The second kappa shape index (κ2) is 6.28. The number of rotatable bonds is 4. The van der Waals surface area contributed by atoms with E-state index < -0.39 is 0 Å². The van der Waals surface area contributed by atoms with E-state index in [4.69, 9.17) is 5.26 Å². The molecule has 2 nitrogen and oxygen atoms in total. The van der Waals surface area contributed by atoms with Gasteiger partial charge in [-0.15, -0.1) is 0 Å². The van der Waals surface area contributed by atoms with Gasteiger partial charge in [-0.05, 0) is 25.5 Å². The zero-order chi connectivity index (χ0) is 9.52. The lowest BCUT2D eigenvalue weighted by molar-refractivity contribution is 0.384. The van der Waals surface area contributed by atoms with E-state index in [1.54, 1.807) is 0 Å². The third-order valence-corrected chi connectivity index (χ3v) is 3.72. The van der Waals surface area contributed by atoms with Crippen LogP contribution in [0.5, 0.6) is 0 Å². The van der Waals surface area contributed by atoms with Crippen LogP contribution in [-0.2, 0) is 0 Å². The van der Waals surface area contributed by atoms with Gasteiger partial charge in [0.15, 0.2) is 0 Å². The van der Waals surface area contributed by atoms with Gasteiger partial charge in [0.2, 0.25) is 0 Å². The van der Waals surface area contributed by atoms with E-state index in [1.807, 2.05) is 11.8 Å². The number of nitrogens with zero attached hydrogens (tertiary/aromatic N) is 1. The van der Waals surface area contributed by atoms with Crippen LogP contribution >= 0.6 is 11.8 Å². The number of nitrogens with one attached hydrogen (secondary N) is 1. The molecule has 0 radical (unpaired) electrons. The van der Waals surface area contributed by atoms with E-state index in [2.05, 4.69) is 17.6 Å². The Morgan fingerprint density at radius 2 is 2.38 bits per heavy atom. The van der Waals surface area contributed by atoms with E-state index in [0.717, 1.165) is 11.8 Å². The van der Waals surface area contributed by atoms with Crippen molar-refractivity contribution < 1.29 is 0 Å². The minimum absolute atomic E-state index is 0.639. The van der Waals surface area contributed by atoms with Crippen molar-refractivity contribution in [3.63, 3.8) is 0 Å². The summed E-state index contributed by atoms with van der Waals surface area (Å²) in [5.41, 5.74) is 0. The summed E-state index contributed by atoms with van der Waals surface area (Å²) in [6.07, 6.45) is 8.13. The monoisotopic (exact) mass is 198 g/mol. The zero-order valence-electron chi connectivity index (χ0n) is 8.25. The van der Waals surface area contributed by atoms with E-state index in [1.165, 1.54) is 25.7 Å². The Balaban J connectivity index is 2.15. The fourth-order valence-corrected chi connectivity index (χ4v) is 2.70. The van der Waals surface area contributed by atoms with Crippen molar-refractivity contribution in [3.05, 3.63) is 0 Å². The van der Waals surface area contributed by atoms with Gasteiger partial charge in [-0.25, -0.2) is 0 Å². The Morgan fingerprint density at radius 3 is 3.08 bits per heavy atom. The number of hydrogen-bond acceptors (Lipinski definition) is 3. The van der Waals surface area contributed by atoms with Crippen LogP contribution in [0, 0.1) is 11.3 Å². The predicted molar refractivity (Wildman–Crippen MR) is 57.8 cm³/mol. The summed E-state index contributed by atoms with van der Waals surface area (Å²) in [5, 5.41) is 12.7. The first kappa shape index (κ1) is 10.9. The molecule has 0 spiro atoms. The Morgan fingerprint density at radius 1 is 1.54 bits per heavy atom. The molecule has 1 N–H and O–H groups in total. The highest BCUT2D eigenvalue weighted by Gasteiger charge is 2.20. The lowest BCUT2D eigenvalue weighted by atomic mass is 9.95. The molecule has 2 atom stereocenters. The van der Waals surface area contributed by atoms with E-state index in [0.29, 0.717) is 12.5 Å². The second-order valence-corrected chi connectivity index (χ2v) is 4.72. The molecule has 0 aromatic heterocycles. The standard InChI is InChI=1S/C10H18N2S/c1-13-10-5-2-4-9(8-10)12-7-3-6-11/h9-10,12H,2-5,7-8H2,1H3. The lowest BCUT2D eigenvalue weighted by Gasteiger charge is -2.28. The van der Waals surface area contributed by atoms with Gasteiger partial charge in [-0.1, -0.05) is 6.42 Å². The topological polar surface area (TPSA) is 35.8 Å². The van der Waals surface area contributed by atoms with Gasteiger partial charge < -0.3 is 5.32 Å². The molecule has 0 saturated heterocycles. The van der Waals surface area contributed by atoms with Gasteiger partial charge in [0.25, 0.3) is 0 Å². The highest BCUT2D eigenvalue weighted by molar-refractivity contribution is 7.99. The molecule has 1 fully saturated rings. The second-order valence-electron chi connectivity index (χ2n) is 3.58. The van der Waals surface area contributed by atoms with Crippen molar-refractivity contribution >= 4 is 11.8 Å². The van der Waals surface area contributed by atoms with E-state index >= 15 is 0 Å². The molecule has 3 heteroatoms. The molecule has 1 saturated carbocycles. The molecular weight excluding hydrogens is 180 g/mol. The molecule has 1 rings (SSSR count). The van der Waals surface area contributed by atoms with Gasteiger partial charge in [0.05, 0.1) is 6.07 Å². The SMILES string of the molecule is CSC1CCCC(NCCC#N)C1. The van der Waals surface area contributed by atoms with Gasteiger partial charge in [0.1, 0.15) is 0 Å². The fourth-order valence-electron chi connectivity index (χ4n) is 1.88. The molecule has 74 valence electrons. The summed E-state index contributed by atoms with van der Waals surface area (Å²) in [6.45, 7) is 0.863. The van der Waals surface area contributed by atoms with Crippen molar-refractivity contribution in [1.82, 2.24) is 5.32 Å². The third kappa shape index (κ3) is 4.02. The van der Waals surface area contributed by atoms with Crippen molar-refractivity contribution in [2.75, 3.05) is 12.8 Å². The molecule has 0 aromatic carbocycles. The van der Waals surface area contributed by atoms with Crippen LogP contribution in [0.4, 0.5) is 0 Å². The molecule has 1 aliphatic carbocycles. The summed E-state index contributed by atoms with van der Waals surface area (Å²) < 4.78 is 0. The molecule has 13 heavy (non-hydrogen) atoms. The van der Waals surface area contributed by atoms with Gasteiger partial charge in [0, 0.05) is 24.3 Å². The highest BCUT2D eigenvalue weighted by Crippen LogP contribution is 2.26. The quantitative estimate of drug-likeness (QED) is 0.703. The molecule has 0 amide bonds. The average molecular weight is 198 g/mol. The normalized spacial score (nSPS) is 28.3. The maximum atomic E-state index is 8.40. The van der Waals surface area contributed by atoms with Crippen LogP contribution in [0.15, 0.2) is 0 Å². The number of hydrogen-bond donors (Lipinski definition) is 1. The molecular formula is C10H18N2S. The Bertz CT molecular complexity index is 176. The maximum absolute atomic E-state index is 8.40. The predicted octanol–water partition coefficient (Wildman–Crippen LogP) is 2.16. The molecule has 0 bridgehead atoms. The summed E-state index contributed by atoms with van der Waals surface area (Å²) in [7, 11) is 0. The van der Waals surface area contributed by atoms with E-state index in [-0.39, 0.29) is 0 Å². The van der Waals surface area contributed by atoms with Crippen molar-refractivity contribution in [3.8, 4) is 6.07 Å². The Labute approximate surface area is 85.1 Å². The summed E-state index contributed by atoms with van der Waals surface area (Å²) in [4.78, 5) is 0. The van der Waals surface area contributed by atoms with E-state index in [9.17, 15) is 0 Å². The summed E-state index contributed by atoms with van der Waals surface area (Å²) in [5.74, 6) is 0. The van der Waals surface area contributed by atoms with Gasteiger partial charge in [-0.3, -0.25) is 0 Å². The van der Waals surface area contributed by atoms with Crippen LogP contribution in [0.3, 0.4) is 0 Å². The highest BCUT2D eigenvalue weighted by atomic mass is 32.2. The minimum atomic E-state index is 0.639. The van der Waals surface area contributed by atoms with Crippen molar-refractivity contribution in [2.24, 2.45) is 0 Å². The van der Waals surface area contributed by atoms with Crippen LogP contribution in [0.1, 0.15) is 32.1 Å². The fraction of sp³-hybridized carbons (Fsp3) is 0.900. The minimum Gasteiger partial charge on any atom is -0.313 e. The first-order valence-electron chi connectivity index (χ1n) is 5.00. The average Bonchev–Trinajstić information content (AvgIpc) is 2.19. The Hall–Kier alpha value is -0.200. The summed E-state index contributed by atoms with van der Waals surface area (Å²) in [6, 6.07) is 2.83. The van der Waals surface area contributed by atoms with Crippen LogP contribution < -0.4 is 5.32 Å². The Kier molecular flexibility index (Phi) is 5.26. The molecule has 1 aliphatic rings. The van der Waals surface area contributed by atoms with Gasteiger partial charge in [-0.2, -0.15) is 17.0 Å².